The zero-order valence-electron chi connectivity index (χ0n) is 10.4. The van der Waals surface area contributed by atoms with E-state index in [2.05, 4.69) is 10.3 Å². The number of nitrogens with zero attached hydrogens (tertiary/aromatic N) is 1. The molecular formula is C14H15ClN2O. The summed E-state index contributed by atoms with van der Waals surface area (Å²) >= 11 is 6.02. The van der Waals surface area contributed by atoms with Crippen molar-refractivity contribution in [2.75, 3.05) is 12.4 Å². The Hall–Kier alpha value is -1.74. The molecule has 0 saturated heterocycles. The number of nitrogens with one attached hydrogen (secondary N) is 1. The quantitative estimate of drug-likeness (QED) is 0.854. The van der Waals surface area contributed by atoms with Gasteiger partial charge in [0.2, 0.25) is 0 Å². The molecule has 2 rings (SSSR count). The first-order valence-corrected chi connectivity index (χ1v) is 6.06. The van der Waals surface area contributed by atoms with Crippen LogP contribution in [-0.4, -0.2) is 12.1 Å². The largest absolute Gasteiger partial charge is 0.497 e. The second-order valence-corrected chi connectivity index (χ2v) is 4.41. The molecule has 0 aliphatic heterocycles. The van der Waals surface area contributed by atoms with Gasteiger partial charge >= 0.3 is 0 Å². The average Bonchev–Trinajstić information content (AvgIpc) is 2.40. The van der Waals surface area contributed by atoms with E-state index in [1.807, 2.05) is 37.3 Å². The molecule has 0 fully saturated rings. The molecule has 0 bridgehead atoms. The van der Waals surface area contributed by atoms with Crippen molar-refractivity contribution in [2.45, 2.75) is 13.5 Å². The normalized spacial score (nSPS) is 10.2. The van der Waals surface area contributed by atoms with Crippen molar-refractivity contribution in [3.8, 4) is 5.75 Å². The van der Waals surface area contributed by atoms with Gasteiger partial charge < -0.3 is 10.1 Å². The van der Waals surface area contributed by atoms with E-state index >= 15 is 0 Å². The van der Waals surface area contributed by atoms with Crippen LogP contribution in [-0.2, 0) is 6.54 Å². The third-order valence-corrected chi connectivity index (χ3v) is 2.92. The van der Waals surface area contributed by atoms with Crippen molar-refractivity contribution in [1.82, 2.24) is 4.98 Å². The van der Waals surface area contributed by atoms with Crippen molar-refractivity contribution in [2.24, 2.45) is 0 Å². The second-order valence-electron chi connectivity index (χ2n) is 4.05. The van der Waals surface area contributed by atoms with Gasteiger partial charge in [0.15, 0.2) is 5.15 Å². The van der Waals surface area contributed by atoms with Crippen LogP contribution in [0.2, 0.25) is 5.15 Å². The predicted octanol–water partition coefficient (Wildman–Crippen LogP) is 3.66. The van der Waals surface area contributed by atoms with E-state index in [9.17, 15) is 0 Å². The van der Waals surface area contributed by atoms with Crippen LogP contribution in [0.5, 0.6) is 5.75 Å². The molecule has 94 valence electrons. The number of rotatable bonds is 4. The highest BCUT2D eigenvalue weighted by molar-refractivity contribution is 6.31. The minimum absolute atomic E-state index is 0.495. The molecule has 3 nitrogen and oxygen atoms in total. The number of anilines is 1. The molecule has 0 saturated carbocycles. The molecule has 0 aliphatic rings. The van der Waals surface area contributed by atoms with Gasteiger partial charge in [0.1, 0.15) is 5.75 Å². The van der Waals surface area contributed by atoms with Gasteiger partial charge in [0, 0.05) is 12.7 Å². The first-order valence-electron chi connectivity index (χ1n) is 5.68. The van der Waals surface area contributed by atoms with Crippen LogP contribution in [0.15, 0.2) is 36.5 Å². The molecule has 0 atom stereocenters. The molecule has 1 heterocycles. The third-order valence-electron chi connectivity index (χ3n) is 2.62. The molecule has 0 radical (unpaired) electrons. The maximum atomic E-state index is 6.02. The average molecular weight is 263 g/mol. The summed E-state index contributed by atoms with van der Waals surface area (Å²) < 4.78 is 5.12. The van der Waals surface area contributed by atoms with Crippen LogP contribution in [0.4, 0.5) is 5.69 Å². The molecule has 0 aliphatic carbocycles. The lowest BCUT2D eigenvalue weighted by molar-refractivity contribution is 0.414. The fraction of sp³-hybridized carbons (Fsp3) is 0.214. The molecule has 2 aromatic rings. The third kappa shape index (κ3) is 3.14. The highest BCUT2D eigenvalue weighted by Crippen LogP contribution is 2.21. The number of benzene rings is 1. The zero-order chi connectivity index (χ0) is 13.0. The van der Waals surface area contributed by atoms with Crippen molar-refractivity contribution in [3.05, 3.63) is 52.8 Å². The monoisotopic (exact) mass is 262 g/mol. The van der Waals surface area contributed by atoms with Crippen molar-refractivity contribution in [1.29, 1.82) is 0 Å². The Balaban J connectivity index is 2.04. The highest BCUT2D eigenvalue weighted by atomic mass is 35.5. The topological polar surface area (TPSA) is 34.1 Å². The predicted molar refractivity (Wildman–Crippen MR) is 74.3 cm³/mol. The Morgan fingerprint density at radius 3 is 2.67 bits per heavy atom. The van der Waals surface area contributed by atoms with Gasteiger partial charge in [-0.05, 0) is 36.2 Å². The summed E-state index contributed by atoms with van der Waals surface area (Å²) in [6.45, 7) is 2.69. The number of methoxy groups -OCH3 is 1. The molecule has 1 aromatic heterocycles. The summed E-state index contributed by atoms with van der Waals surface area (Å²) in [5, 5.41) is 3.77. The standard InChI is InChI=1S/C14H15ClN2O/c1-10-7-13(14(15)17-8-10)16-9-11-3-5-12(18-2)6-4-11/h3-8,16H,9H2,1-2H3. The summed E-state index contributed by atoms with van der Waals surface area (Å²) in [5.74, 6) is 0.856. The van der Waals surface area contributed by atoms with E-state index in [1.165, 1.54) is 0 Å². The van der Waals surface area contributed by atoms with Crippen LogP contribution in [0.3, 0.4) is 0 Å². The molecule has 1 N–H and O–H groups in total. The number of ether oxygens (including phenoxy) is 1. The number of aromatic nitrogens is 1. The van der Waals surface area contributed by atoms with Gasteiger partial charge in [-0.1, -0.05) is 23.7 Å². The van der Waals surface area contributed by atoms with Crippen molar-refractivity contribution in [3.63, 3.8) is 0 Å². The van der Waals surface area contributed by atoms with Gasteiger partial charge in [-0.25, -0.2) is 4.98 Å². The molecule has 18 heavy (non-hydrogen) atoms. The summed E-state index contributed by atoms with van der Waals surface area (Å²) in [4.78, 5) is 4.10. The van der Waals surface area contributed by atoms with Gasteiger partial charge in [-0.15, -0.1) is 0 Å². The SMILES string of the molecule is COc1ccc(CNc2cc(C)cnc2Cl)cc1. The molecule has 1 aromatic carbocycles. The van der Waals surface area contributed by atoms with Gasteiger partial charge in [0.05, 0.1) is 12.8 Å². The van der Waals surface area contributed by atoms with E-state index in [0.717, 1.165) is 22.6 Å². The molecule has 0 unspecified atom stereocenters. The number of pyridine rings is 1. The fourth-order valence-electron chi connectivity index (χ4n) is 1.62. The van der Waals surface area contributed by atoms with Gasteiger partial charge in [-0.2, -0.15) is 0 Å². The minimum atomic E-state index is 0.495. The summed E-state index contributed by atoms with van der Waals surface area (Å²) in [6.07, 6.45) is 1.75. The van der Waals surface area contributed by atoms with Crippen LogP contribution in [0.25, 0.3) is 0 Å². The van der Waals surface area contributed by atoms with Crippen LogP contribution >= 0.6 is 11.6 Å². The maximum Gasteiger partial charge on any atom is 0.152 e. The first kappa shape index (κ1) is 12.7. The zero-order valence-corrected chi connectivity index (χ0v) is 11.2. The van der Waals surface area contributed by atoms with Crippen molar-refractivity contribution < 1.29 is 4.74 Å². The highest BCUT2D eigenvalue weighted by Gasteiger charge is 2.01. The number of aryl methyl sites for hydroxylation is 1. The Labute approximate surface area is 112 Å². The van der Waals surface area contributed by atoms with Crippen LogP contribution in [0.1, 0.15) is 11.1 Å². The summed E-state index contributed by atoms with van der Waals surface area (Å²) in [7, 11) is 1.66. The maximum absolute atomic E-state index is 6.02. The molecule has 0 spiro atoms. The number of hydrogen-bond acceptors (Lipinski definition) is 3. The Bertz CT molecular complexity index is 526. The Kier molecular flexibility index (Phi) is 4.05. The van der Waals surface area contributed by atoms with E-state index in [4.69, 9.17) is 16.3 Å². The van der Waals surface area contributed by atoms with Crippen molar-refractivity contribution >= 4 is 17.3 Å². The van der Waals surface area contributed by atoms with Crippen LogP contribution in [0, 0.1) is 6.92 Å². The Morgan fingerprint density at radius 2 is 2.00 bits per heavy atom. The molecule has 0 amide bonds. The van der Waals surface area contributed by atoms with E-state index in [0.29, 0.717) is 11.7 Å². The second kappa shape index (κ2) is 5.74. The summed E-state index contributed by atoms with van der Waals surface area (Å²) in [5.41, 5.74) is 3.09. The summed E-state index contributed by atoms with van der Waals surface area (Å²) in [6, 6.07) is 9.89. The van der Waals surface area contributed by atoms with Gasteiger partial charge in [0.25, 0.3) is 0 Å². The lowest BCUT2D eigenvalue weighted by atomic mass is 10.2. The van der Waals surface area contributed by atoms with E-state index in [1.54, 1.807) is 13.3 Å². The number of halogens is 1. The number of hydrogen-bond donors (Lipinski definition) is 1. The first-order chi connectivity index (χ1) is 8.69. The molecular weight excluding hydrogens is 248 g/mol. The van der Waals surface area contributed by atoms with Gasteiger partial charge in [-0.3, -0.25) is 0 Å². The van der Waals surface area contributed by atoms with E-state index < -0.39 is 0 Å². The lowest BCUT2D eigenvalue weighted by Gasteiger charge is -2.09. The minimum Gasteiger partial charge on any atom is -0.497 e. The van der Waals surface area contributed by atoms with Crippen LogP contribution < -0.4 is 10.1 Å². The molecule has 4 heteroatoms. The Morgan fingerprint density at radius 1 is 1.28 bits per heavy atom. The lowest BCUT2D eigenvalue weighted by Crippen LogP contribution is -2.01. The smallest absolute Gasteiger partial charge is 0.152 e. The fourth-order valence-corrected chi connectivity index (χ4v) is 1.79. The van der Waals surface area contributed by atoms with E-state index in [-0.39, 0.29) is 0 Å².